The van der Waals surface area contributed by atoms with Gasteiger partial charge >= 0.3 is 0 Å². The lowest BCUT2D eigenvalue weighted by atomic mass is 10.1. The summed E-state index contributed by atoms with van der Waals surface area (Å²) in [7, 11) is 1.70. The van der Waals surface area contributed by atoms with Gasteiger partial charge in [0.25, 0.3) is 0 Å². The molecule has 1 heterocycles. The Morgan fingerprint density at radius 2 is 2.06 bits per heavy atom. The number of nitrogens with one attached hydrogen (secondary N) is 1. The lowest BCUT2D eigenvalue weighted by molar-refractivity contribution is 0.414. The van der Waals surface area contributed by atoms with Gasteiger partial charge in [0.2, 0.25) is 0 Å². The third-order valence-electron chi connectivity index (χ3n) is 3.30. The van der Waals surface area contributed by atoms with E-state index < -0.39 is 0 Å². The minimum absolute atomic E-state index is 0.414. The Labute approximate surface area is 108 Å². The minimum Gasteiger partial charge on any atom is -0.497 e. The Bertz CT molecular complexity index is 352. The van der Waals surface area contributed by atoms with E-state index in [9.17, 15) is 0 Å². The number of rotatable bonds is 4. The Hall–Kier alpha value is -0.670. The number of benzene rings is 1. The highest BCUT2D eigenvalue weighted by Crippen LogP contribution is 2.28. The highest BCUT2D eigenvalue weighted by molar-refractivity contribution is 8.00. The second kappa shape index (κ2) is 5.78. The van der Waals surface area contributed by atoms with Gasteiger partial charge < -0.3 is 10.1 Å². The van der Waals surface area contributed by atoms with Crippen LogP contribution < -0.4 is 10.1 Å². The first kappa shape index (κ1) is 12.8. The summed E-state index contributed by atoms with van der Waals surface area (Å²) in [4.78, 5) is 0. The van der Waals surface area contributed by atoms with Crippen molar-refractivity contribution in [3.63, 3.8) is 0 Å². The monoisotopic (exact) mass is 251 g/mol. The molecule has 1 saturated heterocycles. The maximum Gasteiger partial charge on any atom is 0.118 e. The summed E-state index contributed by atoms with van der Waals surface area (Å²) in [5.41, 5.74) is 1.33. The van der Waals surface area contributed by atoms with Crippen molar-refractivity contribution in [1.82, 2.24) is 5.32 Å². The van der Waals surface area contributed by atoms with Crippen molar-refractivity contribution >= 4 is 11.8 Å². The van der Waals surface area contributed by atoms with E-state index in [0.29, 0.717) is 12.1 Å². The topological polar surface area (TPSA) is 21.3 Å². The van der Waals surface area contributed by atoms with E-state index in [-0.39, 0.29) is 0 Å². The molecule has 0 bridgehead atoms. The summed E-state index contributed by atoms with van der Waals surface area (Å²) in [6, 6.07) is 9.41. The molecule has 0 radical (unpaired) electrons. The maximum atomic E-state index is 5.17. The largest absolute Gasteiger partial charge is 0.497 e. The highest BCUT2D eigenvalue weighted by Gasteiger charge is 2.23. The third-order valence-corrected chi connectivity index (χ3v) is 4.66. The average Bonchev–Trinajstić information content (AvgIpc) is 2.75. The fourth-order valence-corrected chi connectivity index (χ4v) is 3.44. The third kappa shape index (κ3) is 3.39. The molecule has 17 heavy (non-hydrogen) atoms. The molecular formula is C14H21NOS. The molecule has 3 unspecified atom stereocenters. The van der Waals surface area contributed by atoms with E-state index >= 15 is 0 Å². The zero-order valence-corrected chi connectivity index (χ0v) is 11.6. The second-order valence-electron chi connectivity index (χ2n) is 4.74. The number of hydrogen-bond acceptors (Lipinski definition) is 3. The van der Waals surface area contributed by atoms with Gasteiger partial charge in [-0.05, 0) is 31.0 Å². The normalized spacial score (nSPS) is 25.8. The summed E-state index contributed by atoms with van der Waals surface area (Å²) < 4.78 is 5.17. The molecule has 3 heteroatoms. The van der Waals surface area contributed by atoms with Crippen molar-refractivity contribution in [2.75, 3.05) is 12.9 Å². The van der Waals surface area contributed by atoms with Crippen LogP contribution in [0.3, 0.4) is 0 Å². The van der Waals surface area contributed by atoms with E-state index in [1.165, 1.54) is 17.7 Å². The molecule has 1 N–H and O–H groups in total. The summed E-state index contributed by atoms with van der Waals surface area (Å²) in [5, 5.41) is 4.50. The molecule has 1 aliphatic rings. The summed E-state index contributed by atoms with van der Waals surface area (Å²) in [6.45, 7) is 4.54. The predicted octanol–water partition coefficient (Wildman–Crippen LogP) is 3.24. The fourth-order valence-electron chi connectivity index (χ4n) is 2.28. The second-order valence-corrected chi connectivity index (χ2v) is 6.21. The first-order valence-electron chi connectivity index (χ1n) is 6.20. The van der Waals surface area contributed by atoms with Crippen LogP contribution in [-0.4, -0.2) is 24.2 Å². The van der Waals surface area contributed by atoms with Crippen molar-refractivity contribution < 1.29 is 4.74 Å². The lowest BCUT2D eigenvalue weighted by Crippen LogP contribution is -2.31. The SMILES string of the molecule is COc1ccc(C(C)NC2CSC(C)C2)cc1. The highest BCUT2D eigenvalue weighted by atomic mass is 32.2. The predicted molar refractivity (Wildman–Crippen MR) is 74.9 cm³/mol. The van der Waals surface area contributed by atoms with Crippen molar-refractivity contribution in [2.45, 2.75) is 37.6 Å². The molecule has 1 aliphatic heterocycles. The molecule has 1 fully saturated rings. The zero-order valence-electron chi connectivity index (χ0n) is 10.8. The van der Waals surface area contributed by atoms with Gasteiger partial charge in [0.15, 0.2) is 0 Å². The van der Waals surface area contributed by atoms with Gasteiger partial charge in [0.1, 0.15) is 5.75 Å². The Balaban J connectivity index is 1.92. The van der Waals surface area contributed by atoms with E-state index in [1.54, 1.807) is 7.11 Å². The van der Waals surface area contributed by atoms with Crippen LogP contribution in [0.1, 0.15) is 31.9 Å². The van der Waals surface area contributed by atoms with Gasteiger partial charge in [-0.3, -0.25) is 0 Å². The quantitative estimate of drug-likeness (QED) is 0.887. The molecule has 0 aromatic heterocycles. The van der Waals surface area contributed by atoms with Crippen molar-refractivity contribution in [1.29, 1.82) is 0 Å². The van der Waals surface area contributed by atoms with Crippen LogP contribution in [0, 0.1) is 0 Å². The molecule has 0 aliphatic carbocycles. The lowest BCUT2D eigenvalue weighted by Gasteiger charge is -2.19. The smallest absolute Gasteiger partial charge is 0.118 e. The summed E-state index contributed by atoms with van der Waals surface area (Å²) >= 11 is 2.07. The van der Waals surface area contributed by atoms with Gasteiger partial charge in [-0.1, -0.05) is 19.1 Å². The average molecular weight is 251 g/mol. The molecule has 0 amide bonds. The van der Waals surface area contributed by atoms with E-state index in [4.69, 9.17) is 4.74 Å². The first-order valence-corrected chi connectivity index (χ1v) is 7.25. The molecule has 1 aromatic rings. The Morgan fingerprint density at radius 1 is 1.35 bits per heavy atom. The fraction of sp³-hybridized carbons (Fsp3) is 0.571. The standard InChI is InChI=1S/C14H21NOS/c1-10-8-13(9-17-10)15-11(2)12-4-6-14(16-3)7-5-12/h4-7,10-11,13,15H,8-9H2,1-3H3. The van der Waals surface area contributed by atoms with Crippen LogP contribution in [0.4, 0.5) is 0 Å². The van der Waals surface area contributed by atoms with Crippen LogP contribution >= 0.6 is 11.8 Å². The van der Waals surface area contributed by atoms with Crippen LogP contribution in [0.15, 0.2) is 24.3 Å². The zero-order chi connectivity index (χ0) is 12.3. The van der Waals surface area contributed by atoms with Gasteiger partial charge in [-0.2, -0.15) is 11.8 Å². The molecule has 0 spiro atoms. The Kier molecular flexibility index (Phi) is 4.35. The van der Waals surface area contributed by atoms with Crippen molar-refractivity contribution in [3.8, 4) is 5.75 Å². The first-order chi connectivity index (χ1) is 8.19. The van der Waals surface area contributed by atoms with Crippen LogP contribution in [0.5, 0.6) is 5.75 Å². The molecule has 94 valence electrons. The van der Waals surface area contributed by atoms with Gasteiger partial charge in [-0.25, -0.2) is 0 Å². The molecular weight excluding hydrogens is 230 g/mol. The minimum atomic E-state index is 0.414. The molecule has 1 aromatic carbocycles. The van der Waals surface area contributed by atoms with Crippen LogP contribution in [0.25, 0.3) is 0 Å². The van der Waals surface area contributed by atoms with E-state index in [1.807, 2.05) is 12.1 Å². The number of methoxy groups -OCH3 is 1. The summed E-state index contributed by atoms with van der Waals surface area (Å²) in [5.74, 6) is 2.16. The number of ether oxygens (including phenoxy) is 1. The van der Waals surface area contributed by atoms with Crippen molar-refractivity contribution in [3.05, 3.63) is 29.8 Å². The molecule has 0 saturated carbocycles. The van der Waals surface area contributed by atoms with E-state index in [0.717, 1.165) is 11.0 Å². The number of thioether (sulfide) groups is 1. The number of hydrogen-bond donors (Lipinski definition) is 1. The molecule has 2 nitrogen and oxygen atoms in total. The molecule has 3 atom stereocenters. The van der Waals surface area contributed by atoms with Crippen LogP contribution in [-0.2, 0) is 0 Å². The van der Waals surface area contributed by atoms with Gasteiger partial charge in [0.05, 0.1) is 7.11 Å². The summed E-state index contributed by atoms with van der Waals surface area (Å²) in [6.07, 6.45) is 1.28. The maximum absolute atomic E-state index is 5.17. The van der Waals surface area contributed by atoms with E-state index in [2.05, 4.69) is 43.1 Å². The van der Waals surface area contributed by atoms with Crippen molar-refractivity contribution in [2.24, 2.45) is 0 Å². The molecule has 2 rings (SSSR count). The van der Waals surface area contributed by atoms with Crippen LogP contribution in [0.2, 0.25) is 0 Å². The Morgan fingerprint density at radius 3 is 2.59 bits per heavy atom. The van der Waals surface area contributed by atoms with Gasteiger partial charge in [0, 0.05) is 23.1 Å². The van der Waals surface area contributed by atoms with Gasteiger partial charge in [-0.15, -0.1) is 0 Å².